The molecule has 0 unspecified atom stereocenters. The fourth-order valence-electron chi connectivity index (χ4n) is 0.803. The highest BCUT2D eigenvalue weighted by molar-refractivity contribution is 5.74. The quantitative estimate of drug-likeness (QED) is 0.552. The molecule has 7 nitrogen and oxygen atoms in total. The van der Waals surface area contributed by atoms with Crippen LogP contribution in [0.4, 0.5) is 0 Å². The summed E-state index contributed by atoms with van der Waals surface area (Å²) in [5, 5.41) is 7.39. The lowest BCUT2D eigenvalue weighted by molar-refractivity contribution is -0.132. The third kappa shape index (κ3) is 2.80. The maximum Gasteiger partial charge on any atom is 0.265 e. The first-order valence-corrected chi connectivity index (χ1v) is 3.67. The van der Waals surface area contributed by atoms with Crippen LogP contribution in [0.3, 0.4) is 0 Å². The Morgan fingerprint density at radius 3 is 3.15 bits per heavy atom. The van der Waals surface area contributed by atoms with E-state index in [0.717, 1.165) is 0 Å². The molecule has 0 saturated heterocycles. The van der Waals surface area contributed by atoms with Crippen LogP contribution in [0, 0.1) is 0 Å². The van der Waals surface area contributed by atoms with Gasteiger partial charge in [-0.1, -0.05) is 5.21 Å². The van der Waals surface area contributed by atoms with Crippen LogP contribution in [0.2, 0.25) is 0 Å². The summed E-state index contributed by atoms with van der Waals surface area (Å²) in [5.74, 6) is -0.295. The van der Waals surface area contributed by atoms with Crippen molar-refractivity contribution in [1.82, 2.24) is 20.5 Å². The molecule has 0 fully saturated rings. The number of carbonyl (C=O) groups excluding carboxylic acids is 1. The van der Waals surface area contributed by atoms with Gasteiger partial charge in [-0.15, -0.1) is 5.10 Å². The maximum atomic E-state index is 11.0. The van der Waals surface area contributed by atoms with Crippen LogP contribution in [0.15, 0.2) is 6.20 Å². The molecular weight excluding hydrogens is 174 g/mol. The average molecular weight is 185 g/mol. The number of rotatable bonds is 4. The van der Waals surface area contributed by atoms with Gasteiger partial charge in [0.2, 0.25) is 0 Å². The van der Waals surface area contributed by atoms with Crippen molar-refractivity contribution >= 4 is 5.91 Å². The molecule has 1 amide bonds. The summed E-state index contributed by atoms with van der Waals surface area (Å²) in [7, 11) is 1.37. The molecule has 1 rings (SSSR count). The van der Waals surface area contributed by atoms with Crippen molar-refractivity contribution in [2.24, 2.45) is 5.73 Å². The number of hydrogen-bond donors (Lipinski definition) is 2. The summed E-state index contributed by atoms with van der Waals surface area (Å²) in [6.45, 7) is 0.382. The Bertz CT molecular complexity index is 284. The Morgan fingerprint density at radius 2 is 2.62 bits per heavy atom. The van der Waals surface area contributed by atoms with Crippen molar-refractivity contribution < 1.29 is 9.63 Å². The Morgan fingerprint density at radius 1 is 1.85 bits per heavy atom. The number of carbonyl (C=O) groups is 1. The lowest BCUT2D eigenvalue weighted by Gasteiger charge is -1.99. The number of nitrogens with one attached hydrogen (secondary N) is 1. The highest BCUT2D eigenvalue weighted by atomic mass is 16.6. The van der Waals surface area contributed by atoms with Crippen molar-refractivity contribution in [2.45, 2.75) is 13.1 Å². The molecule has 0 aliphatic rings. The molecule has 7 heteroatoms. The number of hydrogen-bond acceptors (Lipinski definition) is 5. The van der Waals surface area contributed by atoms with E-state index in [2.05, 4.69) is 20.6 Å². The van der Waals surface area contributed by atoms with Crippen LogP contribution in [0.25, 0.3) is 0 Å². The van der Waals surface area contributed by atoms with Crippen molar-refractivity contribution in [3.63, 3.8) is 0 Å². The van der Waals surface area contributed by atoms with E-state index in [1.54, 1.807) is 6.20 Å². The molecule has 1 aromatic heterocycles. The minimum absolute atomic E-state index is 0.0703. The Hall–Kier alpha value is -1.47. The van der Waals surface area contributed by atoms with Gasteiger partial charge in [0.25, 0.3) is 5.91 Å². The molecule has 0 bridgehead atoms. The van der Waals surface area contributed by atoms with E-state index in [-0.39, 0.29) is 12.5 Å². The molecule has 0 aliphatic heterocycles. The molecule has 0 spiro atoms. The van der Waals surface area contributed by atoms with Crippen molar-refractivity contribution in [3.8, 4) is 0 Å². The van der Waals surface area contributed by atoms with E-state index in [1.807, 2.05) is 0 Å². The largest absolute Gasteiger partial charge is 0.325 e. The highest BCUT2D eigenvalue weighted by Crippen LogP contribution is 1.90. The van der Waals surface area contributed by atoms with Gasteiger partial charge in [0.15, 0.2) is 0 Å². The zero-order valence-corrected chi connectivity index (χ0v) is 7.23. The third-order valence-corrected chi connectivity index (χ3v) is 1.32. The first-order chi connectivity index (χ1) is 6.26. The molecule has 0 radical (unpaired) electrons. The molecular formula is C6H11N5O2. The van der Waals surface area contributed by atoms with Crippen molar-refractivity contribution in [2.75, 3.05) is 7.11 Å². The minimum Gasteiger partial charge on any atom is -0.325 e. The Kier molecular flexibility index (Phi) is 3.35. The van der Waals surface area contributed by atoms with Gasteiger partial charge in [-0.05, 0) is 0 Å². The van der Waals surface area contributed by atoms with Crippen LogP contribution >= 0.6 is 0 Å². The average Bonchev–Trinajstić information content (AvgIpc) is 2.52. The second-order valence-corrected chi connectivity index (χ2v) is 2.34. The standard InChI is InChI=1S/C6H11N5O2/c1-13-9-6(12)4-11-3-5(2-7)8-10-11/h3H,2,4,7H2,1H3,(H,9,12). The van der Waals surface area contributed by atoms with E-state index in [4.69, 9.17) is 5.73 Å². The zero-order chi connectivity index (χ0) is 9.68. The monoisotopic (exact) mass is 185 g/mol. The first-order valence-electron chi connectivity index (χ1n) is 3.67. The number of nitrogens with two attached hydrogens (primary N) is 1. The van der Waals surface area contributed by atoms with Crippen LogP contribution in [-0.2, 0) is 22.7 Å². The van der Waals surface area contributed by atoms with E-state index in [0.29, 0.717) is 12.2 Å². The summed E-state index contributed by atoms with van der Waals surface area (Å²) < 4.78 is 1.39. The van der Waals surface area contributed by atoms with Gasteiger partial charge in [0, 0.05) is 6.54 Å². The number of amides is 1. The zero-order valence-electron chi connectivity index (χ0n) is 7.23. The lowest BCUT2D eigenvalue weighted by atomic mass is 10.5. The van der Waals surface area contributed by atoms with Gasteiger partial charge in [0.05, 0.1) is 19.0 Å². The first kappa shape index (κ1) is 9.62. The van der Waals surface area contributed by atoms with Gasteiger partial charge in [-0.25, -0.2) is 10.2 Å². The van der Waals surface area contributed by atoms with Crippen molar-refractivity contribution in [1.29, 1.82) is 0 Å². The Labute approximate surface area is 74.8 Å². The minimum atomic E-state index is -0.295. The van der Waals surface area contributed by atoms with E-state index >= 15 is 0 Å². The second kappa shape index (κ2) is 4.53. The van der Waals surface area contributed by atoms with Gasteiger partial charge in [-0.2, -0.15) is 0 Å². The van der Waals surface area contributed by atoms with E-state index in [9.17, 15) is 4.79 Å². The second-order valence-electron chi connectivity index (χ2n) is 2.34. The third-order valence-electron chi connectivity index (χ3n) is 1.32. The predicted molar refractivity (Wildman–Crippen MR) is 43.1 cm³/mol. The SMILES string of the molecule is CONC(=O)Cn1cc(CN)nn1. The molecule has 0 saturated carbocycles. The fourth-order valence-corrected chi connectivity index (χ4v) is 0.803. The molecule has 1 aromatic rings. The summed E-state index contributed by atoms with van der Waals surface area (Å²) in [4.78, 5) is 15.4. The number of nitrogens with zero attached hydrogens (tertiary/aromatic N) is 3. The van der Waals surface area contributed by atoms with Crippen LogP contribution in [0.5, 0.6) is 0 Å². The van der Waals surface area contributed by atoms with Gasteiger partial charge >= 0.3 is 0 Å². The topological polar surface area (TPSA) is 95.1 Å². The summed E-state index contributed by atoms with van der Waals surface area (Å²) in [5.41, 5.74) is 8.12. The lowest BCUT2D eigenvalue weighted by Crippen LogP contribution is -2.26. The van der Waals surface area contributed by atoms with Crippen LogP contribution in [-0.4, -0.2) is 28.0 Å². The summed E-state index contributed by atoms with van der Waals surface area (Å²) >= 11 is 0. The van der Waals surface area contributed by atoms with Gasteiger partial charge < -0.3 is 5.73 Å². The summed E-state index contributed by atoms with van der Waals surface area (Å²) in [6.07, 6.45) is 1.61. The molecule has 0 atom stereocenters. The molecule has 0 aliphatic carbocycles. The molecule has 1 heterocycles. The van der Waals surface area contributed by atoms with Crippen LogP contribution < -0.4 is 11.2 Å². The number of hydroxylamine groups is 1. The molecule has 13 heavy (non-hydrogen) atoms. The smallest absolute Gasteiger partial charge is 0.265 e. The van der Waals surface area contributed by atoms with E-state index < -0.39 is 0 Å². The molecule has 0 aromatic carbocycles. The van der Waals surface area contributed by atoms with Crippen LogP contribution in [0.1, 0.15) is 5.69 Å². The molecule has 3 N–H and O–H groups in total. The van der Waals surface area contributed by atoms with E-state index in [1.165, 1.54) is 11.8 Å². The normalized spacial score (nSPS) is 10.0. The molecule has 72 valence electrons. The van der Waals surface area contributed by atoms with Gasteiger partial charge in [-0.3, -0.25) is 9.63 Å². The van der Waals surface area contributed by atoms with Crippen molar-refractivity contribution in [3.05, 3.63) is 11.9 Å². The maximum absolute atomic E-state index is 11.0. The summed E-state index contributed by atoms with van der Waals surface area (Å²) in [6, 6.07) is 0. The highest BCUT2D eigenvalue weighted by Gasteiger charge is 2.03. The number of aromatic nitrogens is 3. The fraction of sp³-hybridized carbons (Fsp3) is 0.500. The predicted octanol–water partition coefficient (Wildman–Crippen LogP) is -1.59. The Balaban J connectivity index is 2.49. The van der Waals surface area contributed by atoms with Gasteiger partial charge in [0.1, 0.15) is 6.54 Å².